The van der Waals surface area contributed by atoms with E-state index in [2.05, 4.69) is 4.98 Å². The number of hydrogen-bond acceptors (Lipinski definition) is 1. The molecule has 0 aliphatic carbocycles. The van der Waals surface area contributed by atoms with Crippen LogP contribution in [0.2, 0.25) is 0 Å². The zero-order valence-corrected chi connectivity index (χ0v) is 6.51. The lowest BCUT2D eigenvalue weighted by molar-refractivity contribution is 0.0646. The van der Waals surface area contributed by atoms with Crippen molar-refractivity contribution in [3.63, 3.8) is 0 Å². The molecule has 2 heterocycles. The number of carbonyl (C=O) groups excluding carboxylic acids is 1. The number of likely N-dealkylation sites (tertiary alicyclic amines) is 1. The van der Waals surface area contributed by atoms with Gasteiger partial charge in [0.05, 0.1) is 0 Å². The molecule has 0 radical (unpaired) electrons. The quantitative estimate of drug-likeness (QED) is 0.667. The lowest BCUT2D eigenvalue weighted by Gasteiger charge is -2.30. The van der Waals surface area contributed by atoms with E-state index in [1.807, 2.05) is 0 Å². The Morgan fingerprint density at radius 2 is 2.33 bits per heavy atom. The summed E-state index contributed by atoms with van der Waals surface area (Å²) in [5.74, 6) is -0.496. The fourth-order valence-corrected chi connectivity index (χ4v) is 1.18. The largest absolute Gasteiger partial charge is 0.355 e. The molecule has 0 spiro atoms. The van der Waals surface area contributed by atoms with E-state index in [1.165, 1.54) is 12.3 Å². The van der Waals surface area contributed by atoms with Crippen molar-refractivity contribution in [2.75, 3.05) is 13.1 Å². The summed E-state index contributed by atoms with van der Waals surface area (Å²) in [5.41, 5.74) is 0.340. The highest BCUT2D eigenvalue weighted by atomic mass is 19.1. The molecular weight excluding hydrogens is 159 g/mol. The van der Waals surface area contributed by atoms with Gasteiger partial charge in [0, 0.05) is 25.4 Å². The molecule has 1 aromatic rings. The first kappa shape index (κ1) is 7.34. The minimum absolute atomic E-state index is 0.106. The van der Waals surface area contributed by atoms with Gasteiger partial charge in [0.25, 0.3) is 5.91 Å². The summed E-state index contributed by atoms with van der Waals surface area (Å²) in [6.45, 7) is 1.58. The average molecular weight is 168 g/mol. The Morgan fingerprint density at radius 3 is 2.75 bits per heavy atom. The molecule has 1 amide bonds. The van der Waals surface area contributed by atoms with Crippen LogP contribution in [0.3, 0.4) is 0 Å². The van der Waals surface area contributed by atoms with Crippen molar-refractivity contribution >= 4 is 5.91 Å². The Hall–Kier alpha value is -1.32. The van der Waals surface area contributed by atoms with Crippen LogP contribution in [-0.2, 0) is 0 Å². The first-order chi connectivity index (χ1) is 5.77. The molecule has 0 atom stereocenters. The molecule has 1 aromatic heterocycles. The number of aromatic amines is 1. The fourth-order valence-electron chi connectivity index (χ4n) is 1.18. The number of hydrogen-bond donors (Lipinski definition) is 1. The van der Waals surface area contributed by atoms with Gasteiger partial charge in [-0.15, -0.1) is 0 Å². The van der Waals surface area contributed by atoms with E-state index in [-0.39, 0.29) is 11.7 Å². The van der Waals surface area contributed by atoms with Crippen molar-refractivity contribution in [3.05, 3.63) is 23.8 Å². The molecule has 4 heteroatoms. The van der Waals surface area contributed by atoms with Crippen LogP contribution in [0.4, 0.5) is 4.39 Å². The maximum Gasteiger partial charge on any atom is 0.270 e. The third-order valence-corrected chi connectivity index (χ3v) is 2.02. The van der Waals surface area contributed by atoms with Crippen LogP contribution in [0.1, 0.15) is 16.9 Å². The predicted octanol–water partition coefficient (Wildman–Crippen LogP) is 1.000. The first-order valence-electron chi connectivity index (χ1n) is 3.90. The van der Waals surface area contributed by atoms with Crippen LogP contribution in [0.25, 0.3) is 0 Å². The molecule has 1 saturated heterocycles. The Labute approximate surface area is 69.2 Å². The Bertz CT molecular complexity index is 304. The number of carbonyl (C=O) groups is 1. The second-order valence-corrected chi connectivity index (χ2v) is 2.88. The van der Waals surface area contributed by atoms with E-state index < -0.39 is 0 Å². The molecule has 64 valence electrons. The summed E-state index contributed by atoms with van der Waals surface area (Å²) in [5, 5.41) is 0. The predicted molar refractivity (Wildman–Crippen MR) is 41.3 cm³/mol. The van der Waals surface area contributed by atoms with Gasteiger partial charge in [0.15, 0.2) is 0 Å². The van der Waals surface area contributed by atoms with Crippen LogP contribution in [-0.4, -0.2) is 28.9 Å². The molecule has 12 heavy (non-hydrogen) atoms. The number of nitrogens with one attached hydrogen (secondary N) is 1. The van der Waals surface area contributed by atoms with Crippen LogP contribution in [0.5, 0.6) is 0 Å². The van der Waals surface area contributed by atoms with Crippen molar-refractivity contribution < 1.29 is 9.18 Å². The van der Waals surface area contributed by atoms with E-state index in [9.17, 15) is 9.18 Å². The summed E-state index contributed by atoms with van der Waals surface area (Å²) in [6, 6.07) is 1.22. The second-order valence-electron chi connectivity index (χ2n) is 2.88. The highest BCUT2D eigenvalue weighted by Crippen LogP contribution is 2.11. The second kappa shape index (κ2) is 2.62. The highest BCUT2D eigenvalue weighted by molar-refractivity contribution is 5.92. The van der Waals surface area contributed by atoms with Gasteiger partial charge in [-0.05, 0) is 6.42 Å². The Balaban J connectivity index is 2.13. The molecule has 2 rings (SSSR count). The molecule has 0 unspecified atom stereocenters. The zero-order valence-electron chi connectivity index (χ0n) is 6.51. The Morgan fingerprint density at radius 1 is 1.58 bits per heavy atom. The van der Waals surface area contributed by atoms with Gasteiger partial charge in [-0.3, -0.25) is 4.79 Å². The molecule has 1 aliphatic heterocycles. The minimum Gasteiger partial charge on any atom is -0.355 e. The third-order valence-electron chi connectivity index (χ3n) is 2.02. The molecular formula is C8H9FN2O. The van der Waals surface area contributed by atoms with Crippen molar-refractivity contribution in [1.82, 2.24) is 9.88 Å². The van der Waals surface area contributed by atoms with Crippen molar-refractivity contribution in [3.8, 4) is 0 Å². The van der Waals surface area contributed by atoms with Crippen molar-refractivity contribution in [2.24, 2.45) is 0 Å². The van der Waals surface area contributed by atoms with E-state index in [4.69, 9.17) is 0 Å². The van der Waals surface area contributed by atoms with Gasteiger partial charge in [-0.1, -0.05) is 0 Å². The van der Waals surface area contributed by atoms with Crippen molar-refractivity contribution in [1.29, 1.82) is 0 Å². The van der Waals surface area contributed by atoms with Gasteiger partial charge in [0.2, 0.25) is 0 Å². The van der Waals surface area contributed by atoms with Crippen LogP contribution in [0, 0.1) is 5.82 Å². The SMILES string of the molecule is O=C(c1cc(F)c[nH]1)N1CCC1. The van der Waals surface area contributed by atoms with Gasteiger partial charge >= 0.3 is 0 Å². The van der Waals surface area contributed by atoms with Gasteiger partial charge in [-0.25, -0.2) is 4.39 Å². The van der Waals surface area contributed by atoms with Crippen LogP contribution in [0.15, 0.2) is 12.3 Å². The van der Waals surface area contributed by atoms with E-state index in [1.54, 1.807) is 4.90 Å². The minimum atomic E-state index is -0.390. The maximum atomic E-state index is 12.5. The van der Waals surface area contributed by atoms with Crippen molar-refractivity contribution in [2.45, 2.75) is 6.42 Å². The van der Waals surface area contributed by atoms with Gasteiger partial charge < -0.3 is 9.88 Å². The molecule has 0 bridgehead atoms. The maximum absolute atomic E-state index is 12.5. The topological polar surface area (TPSA) is 36.1 Å². The fraction of sp³-hybridized carbons (Fsp3) is 0.375. The number of rotatable bonds is 1. The summed E-state index contributed by atoms with van der Waals surface area (Å²) in [7, 11) is 0. The lowest BCUT2D eigenvalue weighted by atomic mass is 10.2. The summed E-state index contributed by atoms with van der Waals surface area (Å²) in [6.07, 6.45) is 2.24. The average Bonchev–Trinajstić information content (AvgIpc) is 2.31. The number of nitrogens with zero attached hydrogens (tertiary/aromatic N) is 1. The summed E-state index contributed by atoms with van der Waals surface area (Å²) < 4.78 is 12.5. The molecule has 1 N–H and O–H groups in total. The first-order valence-corrected chi connectivity index (χ1v) is 3.90. The zero-order chi connectivity index (χ0) is 8.55. The molecule has 3 nitrogen and oxygen atoms in total. The number of aromatic nitrogens is 1. The lowest BCUT2D eigenvalue weighted by Crippen LogP contribution is -2.42. The standard InChI is InChI=1S/C8H9FN2O/c9-6-4-7(10-5-6)8(12)11-2-1-3-11/h4-5,10H,1-3H2. The van der Waals surface area contributed by atoms with Gasteiger partial charge in [-0.2, -0.15) is 0 Å². The van der Waals surface area contributed by atoms with Crippen LogP contribution < -0.4 is 0 Å². The number of H-pyrrole nitrogens is 1. The summed E-state index contributed by atoms with van der Waals surface area (Å²) in [4.78, 5) is 15.6. The van der Waals surface area contributed by atoms with E-state index in [0.29, 0.717) is 5.69 Å². The monoisotopic (exact) mass is 168 g/mol. The Kier molecular flexibility index (Phi) is 1.60. The number of amides is 1. The molecule has 1 aliphatic rings. The highest BCUT2D eigenvalue weighted by Gasteiger charge is 2.22. The van der Waals surface area contributed by atoms with Gasteiger partial charge in [0.1, 0.15) is 11.5 Å². The van der Waals surface area contributed by atoms with Crippen LogP contribution >= 0.6 is 0 Å². The summed E-state index contributed by atoms with van der Waals surface area (Å²) >= 11 is 0. The normalized spacial score (nSPS) is 15.9. The number of halogens is 1. The molecule has 0 saturated carbocycles. The van der Waals surface area contributed by atoms with E-state index >= 15 is 0 Å². The van der Waals surface area contributed by atoms with E-state index in [0.717, 1.165) is 19.5 Å². The smallest absolute Gasteiger partial charge is 0.270 e. The molecule has 1 fully saturated rings. The third kappa shape index (κ3) is 1.09. The molecule has 0 aromatic carbocycles.